The van der Waals surface area contributed by atoms with Crippen LogP contribution in [0.2, 0.25) is 0 Å². The number of carbonyl (C=O) groups excluding carboxylic acids is 2. The van der Waals surface area contributed by atoms with E-state index in [0.717, 1.165) is 24.1 Å². The van der Waals surface area contributed by atoms with Crippen LogP contribution in [0.1, 0.15) is 69.8 Å². The molecule has 0 aliphatic heterocycles. The van der Waals surface area contributed by atoms with Crippen LogP contribution in [0.5, 0.6) is 0 Å². The van der Waals surface area contributed by atoms with Crippen molar-refractivity contribution in [3.8, 4) is 0 Å². The number of rotatable bonds is 7. The molecule has 0 aliphatic rings. The van der Waals surface area contributed by atoms with Gasteiger partial charge in [-0.3, -0.25) is 0 Å². The van der Waals surface area contributed by atoms with Crippen molar-refractivity contribution in [2.24, 2.45) is 5.10 Å². The molecule has 0 fully saturated rings. The van der Waals surface area contributed by atoms with Crippen LogP contribution in [0.3, 0.4) is 0 Å². The lowest BCUT2D eigenvalue weighted by atomic mass is 10.0. The first kappa shape index (κ1) is 20.7. The van der Waals surface area contributed by atoms with Gasteiger partial charge in [-0.1, -0.05) is 25.5 Å². The molecule has 0 bridgehead atoms. The molecule has 138 valence electrons. The number of unbranched alkanes of at least 4 members (excludes halogenated alkanes) is 1. The molecule has 6 nitrogen and oxygen atoms in total. The van der Waals surface area contributed by atoms with Crippen LogP contribution in [-0.4, -0.2) is 30.0 Å². The van der Waals surface area contributed by atoms with Gasteiger partial charge in [0.1, 0.15) is 5.60 Å². The predicted molar refractivity (Wildman–Crippen MR) is 97.8 cm³/mol. The lowest BCUT2D eigenvalue weighted by Crippen LogP contribution is -2.30. The Hall–Kier alpha value is -2.37. The summed E-state index contributed by atoms with van der Waals surface area (Å²) < 4.78 is 10.2. The summed E-state index contributed by atoms with van der Waals surface area (Å²) in [6, 6.07) is 7.00. The number of benzene rings is 1. The molecule has 0 radical (unpaired) electrons. The number of ether oxygens (including phenoxy) is 2. The van der Waals surface area contributed by atoms with Crippen molar-refractivity contribution >= 4 is 17.8 Å². The first-order valence-corrected chi connectivity index (χ1v) is 8.60. The summed E-state index contributed by atoms with van der Waals surface area (Å²) in [4.78, 5) is 23.5. The molecule has 0 aromatic heterocycles. The SMILES string of the molecule is CCCC/C(=N/NC(=O)OC(C)(C)C)c1ccc(C(=O)OCC)cc1. The van der Waals surface area contributed by atoms with Gasteiger partial charge < -0.3 is 9.47 Å². The third-order valence-electron chi connectivity index (χ3n) is 3.18. The Morgan fingerprint density at radius 1 is 1.08 bits per heavy atom. The fraction of sp³-hybridized carbons (Fsp3) is 0.526. The molecule has 0 aliphatic carbocycles. The molecule has 1 aromatic rings. The molecule has 1 N–H and O–H groups in total. The van der Waals surface area contributed by atoms with E-state index in [4.69, 9.17) is 9.47 Å². The van der Waals surface area contributed by atoms with Crippen molar-refractivity contribution < 1.29 is 19.1 Å². The molecular weight excluding hydrogens is 320 g/mol. The molecule has 1 aromatic carbocycles. The van der Waals surface area contributed by atoms with Gasteiger partial charge in [0, 0.05) is 0 Å². The number of hydrogen-bond donors (Lipinski definition) is 1. The molecule has 6 heteroatoms. The maximum Gasteiger partial charge on any atom is 0.428 e. The Balaban J connectivity index is 2.88. The Morgan fingerprint density at radius 2 is 1.68 bits per heavy atom. The van der Waals surface area contributed by atoms with E-state index in [0.29, 0.717) is 18.6 Å². The minimum absolute atomic E-state index is 0.337. The molecule has 0 saturated heterocycles. The van der Waals surface area contributed by atoms with Crippen molar-refractivity contribution in [2.45, 2.75) is 59.5 Å². The number of hydrazone groups is 1. The van der Waals surface area contributed by atoms with Gasteiger partial charge >= 0.3 is 12.1 Å². The van der Waals surface area contributed by atoms with Crippen molar-refractivity contribution in [1.29, 1.82) is 0 Å². The summed E-state index contributed by atoms with van der Waals surface area (Å²) in [7, 11) is 0. The molecule has 1 amide bonds. The molecule has 0 spiro atoms. The first-order valence-electron chi connectivity index (χ1n) is 8.60. The summed E-state index contributed by atoms with van der Waals surface area (Å²) in [5.74, 6) is -0.354. The zero-order valence-electron chi connectivity index (χ0n) is 15.7. The second-order valence-electron chi connectivity index (χ2n) is 6.57. The Bertz CT molecular complexity index is 601. The van der Waals surface area contributed by atoms with E-state index >= 15 is 0 Å². The second-order valence-corrected chi connectivity index (χ2v) is 6.57. The normalized spacial score (nSPS) is 11.8. The highest BCUT2D eigenvalue weighted by atomic mass is 16.6. The summed E-state index contributed by atoms with van der Waals surface area (Å²) in [5, 5.41) is 4.20. The summed E-state index contributed by atoms with van der Waals surface area (Å²) in [5.41, 5.74) is 3.93. The number of hydrogen-bond acceptors (Lipinski definition) is 5. The maximum atomic E-state index is 11.8. The summed E-state index contributed by atoms with van der Waals surface area (Å²) in [6.45, 7) is 9.57. The quantitative estimate of drug-likeness (QED) is 0.453. The van der Waals surface area contributed by atoms with Crippen LogP contribution in [0.25, 0.3) is 0 Å². The first-order chi connectivity index (χ1) is 11.8. The predicted octanol–water partition coefficient (Wildman–Crippen LogP) is 4.28. The van der Waals surface area contributed by atoms with Gasteiger partial charge in [0.05, 0.1) is 17.9 Å². The van der Waals surface area contributed by atoms with Crippen LogP contribution in [0.4, 0.5) is 4.79 Å². The zero-order valence-corrected chi connectivity index (χ0v) is 15.7. The van der Waals surface area contributed by atoms with Crippen molar-refractivity contribution in [1.82, 2.24) is 5.43 Å². The average Bonchev–Trinajstić information content (AvgIpc) is 2.54. The average molecular weight is 348 g/mol. The minimum Gasteiger partial charge on any atom is -0.462 e. The Morgan fingerprint density at radius 3 is 2.20 bits per heavy atom. The van der Waals surface area contributed by atoms with Gasteiger partial charge in [-0.05, 0) is 58.2 Å². The highest BCUT2D eigenvalue weighted by molar-refractivity contribution is 6.01. The van der Waals surface area contributed by atoms with E-state index in [1.807, 2.05) is 0 Å². The molecule has 25 heavy (non-hydrogen) atoms. The Kier molecular flexibility index (Phi) is 8.11. The van der Waals surface area contributed by atoms with Crippen LogP contribution >= 0.6 is 0 Å². The molecule has 0 heterocycles. The highest BCUT2D eigenvalue weighted by Gasteiger charge is 2.16. The van der Waals surface area contributed by atoms with Gasteiger partial charge in [0.2, 0.25) is 0 Å². The monoisotopic (exact) mass is 348 g/mol. The van der Waals surface area contributed by atoms with Gasteiger partial charge in [0.15, 0.2) is 0 Å². The van der Waals surface area contributed by atoms with E-state index in [-0.39, 0.29) is 5.97 Å². The maximum absolute atomic E-state index is 11.8. The molecular formula is C19H28N2O4. The summed E-state index contributed by atoms with van der Waals surface area (Å²) >= 11 is 0. The van der Waals surface area contributed by atoms with Gasteiger partial charge in [-0.2, -0.15) is 5.10 Å². The molecule has 0 atom stereocenters. The second kappa shape index (κ2) is 9.81. The fourth-order valence-electron chi connectivity index (χ4n) is 2.04. The van der Waals surface area contributed by atoms with Crippen molar-refractivity contribution in [3.63, 3.8) is 0 Å². The topological polar surface area (TPSA) is 77.0 Å². The molecule has 0 saturated carbocycles. The zero-order chi connectivity index (χ0) is 18.9. The fourth-order valence-corrected chi connectivity index (χ4v) is 2.04. The van der Waals surface area contributed by atoms with Gasteiger partial charge in [-0.15, -0.1) is 0 Å². The Labute approximate surface area is 149 Å². The van der Waals surface area contributed by atoms with Crippen molar-refractivity contribution in [2.75, 3.05) is 6.61 Å². The largest absolute Gasteiger partial charge is 0.462 e. The number of nitrogens with one attached hydrogen (secondary N) is 1. The summed E-state index contributed by atoms with van der Waals surface area (Å²) in [6.07, 6.45) is 2.07. The highest BCUT2D eigenvalue weighted by Crippen LogP contribution is 2.12. The smallest absolute Gasteiger partial charge is 0.428 e. The van der Waals surface area contributed by atoms with Crippen LogP contribution < -0.4 is 5.43 Å². The molecule has 1 rings (SSSR count). The standard InChI is InChI=1S/C19H28N2O4/c1-6-8-9-16(20-21-18(23)25-19(3,4)5)14-10-12-15(13-11-14)17(22)24-7-2/h10-13H,6-9H2,1-5H3,(H,21,23)/b20-16-. The lowest BCUT2D eigenvalue weighted by molar-refractivity contribution is 0.0517. The third kappa shape index (κ3) is 7.83. The van der Waals surface area contributed by atoms with E-state index < -0.39 is 11.7 Å². The van der Waals surface area contributed by atoms with Crippen molar-refractivity contribution in [3.05, 3.63) is 35.4 Å². The van der Waals surface area contributed by atoms with E-state index in [9.17, 15) is 9.59 Å². The van der Waals surface area contributed by atoms with Gasteiger partial charge in [-0.25, -0.2) is 15.0 Å². The number of esters is 1. The lowest BCUT2D eigenvalue weighted by Gasteiger charge is -2.18. The van der Waals surface area contributed by atoms with Crippen LogP contribution in [0.15, 0.2) is 29.4 Å². The van der Waals surface area contributed by atoms with Crippen LogP contribution in [0, 0.1) is 0 Å². The number of nitrogens with zero attached hydrogens (tertiary/aromatic N) is 1. The third-order valence-corrected chi connectivity index (χ3v) is 3.18. The minimum atomic E-state index is -0.593. The van der Waals surface area contributed by atoms with Crippen LogP contribution in [-0.2, 0) is 9.47 Å². The van der Waals surface area contributed by atoms with E-state index in [1.54, 1.807) is 52.0 Å². The number of carbonyl (C=O) groups is 2. The van der Waals surface area contributed by atoms with Gasteiger partial charge in [0.25, 0.3) is 0 Å². The molecule has 0 unspecified atom stereocenters. The van der Waals surface area contributed by atoms with E-state index in [2.05, 4.69) is 17.5 Å². The number of amides is 1. The van der Waals surface area contributed by atoms with E-state index in [1.165, 1.54) is 0 Å².